The smallest absolute Gasteiger partial charge is 0.410 e. The number of nitrogens with one attached hydrogen (secondary N) is 1. The lowest BCUT2D eigenvalue weighted by Crippen LogP contribution is -2.40. The zero-order valence-corrected chi connectivity index (χ0v) is 15.3. The van der Waals surface area contributed by atoms with Crippen LogP contribution in [-0.2, 0) is 4.74 Å². The van der Waals surface area contributed by atoms with Crippen molar-refractivity contribution in [1.82, 2.24) is 10.2 Å². The van der Waals surface area contributed by atoms with Gasteiger partial charge in [0.25, 0.3) is 0 Å². The molecule has 1 saturated carbocycles. The van der Waals surface area contributed by atoms with Gasteiger partial charge in [0.2, 0.25) is 0 Å². The van der Waals surface area contributed by atoms with Crippen molar-refractivity contribution in [3.05, 3.63) is 0 Å². The van der Waals surface area contributed by atoms with E-state index in [2.05, 4.69) is 19.2 Å². The summed E-state index contributed by atoms with van der Waals surface area (Å²) in [6.07, 6.45) is 8.24. The maximum absolute atomic E-state index is 12.2. The standard InChI is InChI=1S/C18H36N2O2/c1-6-7-8-10-15(2)19-13-9-14-20(16-11-12-16)17(21)22-18(3,4)5/h15-16,19H,6-14H2,1-5H3. The van der Waals surface area contributed by atoms with E-state index in [1.54, 1.807) is 0 Å². The summed E-state index contributed by atoms with van der Waals surface area (Å²) in [5.74, 6) is 0. The van der Waals surface area contributed by atoms with Crippen LogP contribution in [0.5, 0.6) is 0 Å². The molecule has 4 heteroatoms. The van der Waals surface area contributed by atoms with Crippen LogP contribution in [0, 0.1) is 0 Å². The van der Waals surface area contributed by atoms with Crippen LogP contribution in [0.25, 0.3) is 0 Å². The highest BCUT2D eigenvalue weighted by molar-refractivity contribution is 5.69. The Morgan fingerprint density at radius 2 is 1.95 bits per heavy atom. The molecular formula is C18H36N2O2. The predicted molar refractivity (Wildman–Crippen MR) is 92.2 cm³/mol. The molecule has 1 fully saturated rings. The first-order chi connectivity index (χ1) is 10.3. The molecule has 0 aromatic carbocycles. The molecule has 0 saturated heterocycles. The molecule has 0 aromatic heterocycles. The molecule has 22 heavy (non-hydrogen) atoms. The van der Waals surface area contributed by atoms with Gasteiger partial charge in [0, 0.05) is 18.6 Å². The van der Waals surface area contributed by atoms with Gasteiger partial charge in [0.1, 0.15) is 5.60 Å². The van der Waals surface area contributed by atoms with Gasteiger partial charge in [0.15, 0.2) is 0 Å². The van der Waals surface area contributed by atoms with E-state index in [4.69, 9.17) is 4.74 Å². The third kappa shape index (κ3) is 8.62. The maximum atomic E-state index is 12.2. The Morgan fingerprint density at radius 1 is 1.27 bits per heavy atom. The fourth-order valence-corrected chi connectivity index (χ4v) is 2.53. The van der Waals surface area contributed by atoms with Gasteiger partial charge in [-0.25, -0.2) is 4.79 Å². The SMILES string of the molecule is CCCCCC(C)NCCCN(C(=O)OC(C)(C)C)C1CC1. The zero-order chi connectivity index (χ0) is 16.6. The van der Waals surface area contributed by atoms with Crippen molar-refractivity contribution >= 4 is 6.09 Å². The molecule has 1 N–H and O–H groups in total. The average Bonchev–Trinajstić information content (AvgIpc) is 3.21. The second-order valence-electron chi connectivity index (χ2n) is 7.61. The summed E-state index contributed by atoms with van der Waals surface area (Å²) in [6.45, 7) is 12.0. The van der Waals surface area contributed by atoms with Crippen molar-refractivity contribution in [2.24, 2.45) is 0 Å². The number of carbonyl (C=O) groups is 1. The first kappa shape index (κ1) is 19.3. The minimum Gasteiger partial charge on any atom is -0.444 e. The van der Waals surface area contributed by atoms with Crippen molar-refractivity contribution in [1.29, 1.82) is 0 Å². The van der Waals surface area contributed by atoms with E-state index in [1.807, 2.05) is 25.7 Å². The highest BCUT2D eigenvalue weighted by Crippen LogP contribution is 2.28. The normalized spacial score (nSPS) is 16.4. The first-order valence-electron chi connectivity index (χ1n) is 9.06. The average molecular weight is 312 g/mol. The van der Waals surface area contributed by atoms with Crippen molar-refractivity contribution in [2.45, 2.75) is 97.2 Å². The second-order valence-corrected chi connectivity index (χ2v) is 7.61. The fraction of sp³-hybridized carbons (Fsp3) is 0.944. The molecule has 1 aliphatic rings. The molecular weight excluding hydrogens is 276 g/mol. The van der Waals surface area contributed by atoms with Crippen LogP contribution < -0.4 is 5.32 Å². The molecule has 0 heterocycles. The highest BCUT2D eigenvalue weighted by atomic mass is 16.6. The van der Waals surface area contributed by atoms with E-state index in [9.17, 15) is 4.79 Å². The fourth-order valence-electron chi connectivity index (χ4n) is 2.53. The number of carbonyl (C=O) groups excluding carboxylic acids is 1. The van der Waals surface area contributed by atoms with E-state index in [0.29, 0.717) is 12.1 Å². The molecule has 0 spiro atoms. The molecule has 1 unspecified atom stereocenters. The van der Waals surface area contributed by atoms with E-state index in [1.165, 1.54) is 25.7 Å². The summed E-state index contributed by atoms with van der Waals surface area (Å²) in [6, 6.07) is 0.985. The molecule has 1 rings (SSSR count). The summed E-state index contributed by atoms with van der Waals surface area (Å²) < 4.78 is 5.51. The largest absolute Gasteiger partial charge is 0.444 e. The number of amides is 1. The van der Waals surface area contributed by atoms with Crippen LogP contribution in [0.4, 0.5) is 4.79 Å². The van der Waals surface area contributed by atoms with E-state index in [-0.39, 0.29) is 6.09 Å². The van der Waals surface area contributed by atoms with Crippen molar-refractivity contribution < 1.29 is 9.53 Å². The number of unbranched alkanes of at least 4 members (excludes halogenated alkanes) is 2. The molecule has 1 atom stereocenters. The summed E-state index contributed by atoms with van der Waals surface area (Å²) in [5.41, 5.74) is -0.406. The van der Waals surface area contributed by atoms with Gasteiger partial charge >= 0.3 is 6.09 Å². The second kappa shape index (κ2) is 9.39. The first-order valence-corrected chi connectivity index (χ1v) is 9.06. The van der Waals surface area contributed by atoms with E-state index in [0.717, 1.165) is 32.4 Å². The Hall–Kier alpha value is -0.770. The Balaban J connectivity index is 2.21. The van der Waals surface area contributed by atoms with Crippen LogP contribution in [0.15, 0.2) is 0 Å². The molecule has 0 bridgehead atoms. The third-order valence-corrected chi connectivity index (χ3v) is 3.92. The van der Waals surface area contributed by atoms with Crippen LogP contribution in [-0.4, -0.2) is 41.8 Å². The summed E-state index contributed by atoms with van der Waals surface area (Å²) in [4.78, 5) is 14.2. The van der Waals surface area contributed by atoms with Crippen LogP contribution in [0.2, 0.25) is 0 Å². The Labute approximate surface area is 137 Å². The monoisotopic (exact) mass is 312 g/mol. The number of hydrogen-bond acceptors (Lipinski definition) is 3. The number of hydrogen-bond donors (Lipinski definition) is 1. The van der Waals surface area contributed by atoms with Gasteiger partial charge in [0.05, 0.1) is 0 Å². The van der Waals surface area contributed by atoms with Gasteiger partial charge in [-0.1, -0.05) is 26.2 Å². The van der Waals surface area contributed by atoms with Crippen molar-refractivity contribution in [3.8, 4) is 0 Å². The minimum absolute atomic E-state index is 0.147. The number of ether oxygens (including phenoxy) is 1. The zero-order valence-electron chi connectivity index (χ0n) is 15.3. The van der Waals surface area contributed by atoms with Gasteiger partial charge in [-0.3, -0.25) is 0 Å². The molecule has 0 aliphatic heterocycles. The van der Waals surface area contributed by atoms with Crippen LogP contribution in [0.1, 0.15) is 79.6 Å². The number of nitrogens with zero attached hydrogens (tertiary/aromatic N) is 1. The van der Waals surface area contributed by atoms with Crippen molar-refractivity contribution in [2.75, 3.05) is 13.1 Å². The van der Waals surface area contributed by atoms with Crippen molar-refractivity contribution in [3.63, 3.8) is 0 Å². The molecule has 4 nitrogen and oxygen atoms in total. The van der Waals surface area contributed by atoms with Crippen LogP contribution in [0.3, 0.4) is 0 Å². The molecule has 0 aromatic rings. The Morgan fingerprint density at radius 3 is 2.50 bits per heavy atom. The van der Waals surface area contributed by atoms with Crippen LogP contribution >= 0.6 is 0 Å². The predicted octanol–water partition coefficient (Wildman–Crippen LogP) is 4.33. The minimum atomic E-state index is -0.406. The lowest BCUT2D eigenvalue weighted by atomic mass is 10.1. The maximum Gasteiger partial charge on any atom is 0.410 e. The quantitative estimate of drug-likeness (QED) is 0.610. The van der Waals surface area contributed by atoms with E-state index < -0.39 is 5.60 Å². The summed E-state index contributed by atoms with van der Waals surface area (Å²) in [7, 11) is 0. The molecule has 0 radical (unpaired) electrons. The highest BCUT2D eigenvalue weighted by Gasteiger charge is 2.34. The Kier molecular flexibility index (Phi) is 8.23. The lowest BCUT2D eigenvalue weighted by molar-refractivity contribution is 0.0232. The third-order valence-electron chi connectivity index (χ3n) is 3.92. The Bertz CT molecular complexity index is 322. The van der Waals surface area contributed by atoms with Gasteiger partial charge in [-0.15, -0.1) is 0 Å². The topological polar surface area (TPSA) is 41.6 Å². The van der Waals surface area contributed by atoms with E-state index >= 15 is 0 Å². The summed E-state index contributed by atoms with van der Waals surface area (Å²) in [5, 5.41) is 3.56. The molecule has 130 valence electrons. The summed E-state index contributed by atoms with van der Waals surface area (Å²) >= 11 is 0. The molecule has 1 aliphatic carbocycles. The van der Waals surface area contributed by atoms with Gasteiger partial charge in [-0.2, -0.15) is 0 Å². The van der Waals surface area contributed by atoms with Gasteiger partial charge < -0.3 is 15.0 Å². The number of rotatable bonds is 10. The lowest BCUT2D eigenvalue weighted by Gasteiger charge is -2.27. The molecule has 1 amide bonds. The van der Waals surface area contributed by atoms with Gasteiger partial charge in [-0.05, 0) is 59.9 Å².